The molecule has 0 unspecified atom stereocenters. The van der Waals surface area contributed by atoms with Gasteiger partial charge in [0.05, 0.1) is 30.3 Å². The summed E-state index contributed by atoms with van der Waals surface area (Å²) < 4.78 is 7.51. The Hall–Kier alpha value is -2.56. The fraction of sp³-hybridized carbons (Fsp3) is 0.571. The number of anilines is 1. The number of nitrogens with zero attached hydrogens (tertiary/aromatic N) is 3. The van der Waals surface area contributed by atoms with Gasteiger partial charge in [-0.1, -0.05) is 63.5 Å². The Morgan fingerprint density at radius 1 is 0.939 bits per heavy atom. The lowest BCUT2D eigenvalue weighted by Crippen LogP contribution is -2.23. The molecule has 0 atom stereocenters. The lowest BCUT2D eigenvalue weighted by Gasteiger charge is -2.24. The predicted octanol–water partition coefficient (Wildman–Crippen LogP) is 6.75. The van der Waals surface area contributed by atoms with Gasteiger partial charge in [-0.2, -0.15) is 5.10 Å². The molecule has 2 heterocycles. The zero-order valence-electron chi connectivity index (χ0n) is 20.1. The summed E-state index contributed by atoms with van der Waals surface area (Å²) in [6.07, 6.45) is 17.7. The van der Waals surface area contributed by atoms with Crippen LogP contribution >= 0.6 is 0 Å². The normalized spacial score (nSPS) is 18.0. The van der Waals surface area contributed by atoms with Gasteiger partial charge in [-0.3, -0.25) is 4.68 Å². The standard InChI is InChI=1S/C28H38N4O/c1-33-24-15-12-22(13-16-24)20-32-26-18-19-29-28(30-23-10-6-3-7-11-23)27(26)25(31-32)17-14-21-8-4-2-5-9-21/h12-13,15-16,18-19,21,23H,2-11,14,17,20H2,1H3,(H,29,30). The second kappa shape index (κ2) is 10.6. The van der Waals surface area contributed by atoms with E-state index in [1.54, 1.807) is 7.11 Å². The molecular weight excluding hydrogens is 408 g/mol. The van der Waals surface area contributed by atoms with E-state index in [0.29, 0.717) is 6.04 Å². The molecule has 176 valence electrons. The highest BCUT2D eigenvalue weighted by atomic mass is 16.5. The van der Waals surface area contributed by atoms with E-state index < -0.39 is 0 Å². The average molecular weight is 447 g/mol. The number of aryl methyl sites for hydroxylation is 1. The van der Waals surface area contributed by atoms with Crippen LogP contribution in [0.2, 0.25) is 0 Å². The summed E-state index contributed by atoms with van der Waals surface area (Å²) in [6.45, 7) is 0.761. The maximum Gasteiger partial charge on any atom is 0.137 e. The number of rotatable bonds is 8. The largest absolute Gasteiger partial charge is 0.497 e. The highest BCUT2D eigenvalue weighted by Crippen LogP contribution is 2.32. The molecule has 2 saturated carbocycles. The summed E-state index contributed by atoms with van der Waals surface area (Å²) in [5, 5.41) is 10.2. The number of aromatic nitrogens is 3. The van der Waals surface area contributed by atoms with Gasteiger partial charge in [0.15, 0.2) is 0 Å². The van der Waals surface area contributed by atoms with Gasteiger partial charge in [0.2, 0.25) is 0 Å². The van der Waals surface area contributed by atoms with Crippen LogP contribution in [0.15, 0.2) is 36.5 Å². The number of methoxy groups -OCH3 is 1. The maximum absolute atomic E-state index is 5.33. The minimum atomic E-state index is 0.535. The molecule has 33 heavy (non-hydrogen) atoms. The Kier molecular flexibility index (Phi) is 7.13. The summed E-state index contributed by atoms with van der Waals surface area (Å²) in [7, 11) is 1.71. The van der Waals surface area contributed by atoms with E-state index in [1.165, 1.54) is 92.8 Å². The third kappa shape index (κ3) is 5.34. The molecule has 2 aliphatic rings. The Bertz CT molecular complexity index is 1030. The maximum atomic E-state index is 5.33. The summed E-state index contributed by atoms with van der Waals surface area (Å²) in [4.78, 5) is 4.82. The van der Waals surface area contributed by atoms with E-state index >= 15 is 0 Å². The lowest BCUT2D eigenvalue weighted by atomic mass is 9.85. The Morgan fingerprint density at radius 3 is 2.39 bits per heavy atom. The van der Waals surface area contributed by atoms with E-state index in [-0.39, 0.29) is 0 Å². The second-order valence-corrected chi connectivity index (χ2v) is 10.0. The van der Waals surface area contributed by atoms with Gasteiger partial charge in [0.25, 0.3) is 0 Å². The molecule has 0 spiro atoms. The first kappa shape index (κ1) is 22.2. The molecule has 2 aliphatic carbocycles. The molecule has 5 nitrogen and oxygen atoms in total. The number of fused-ring (bicyclic) bond motifs is 1. The minimum Gasteiger partial charge on any atom is -0.497 e. The summed E-state index contributed by atoms with van der Waals surface area (Å²) in [5.74, 6) is 2.78. The van der Waals surface area contributed by atoms with Crippen molar-refractivity contribution < 1.29 is 4.74 Å². The molecular formula is C28H38N4O. The van der Waals surface area contributed by atoms with Crippen molar-refractivity contribution in [1.82, 2.24) is 14.8 Å². The Balaban J connectivity index is 1.44. The smallest absolute Gasteiger partial charge is 0.137 e. The monoisotopic (exact) mass is 446 g/mol. The van der Waals surface area contributed by atoms with E-state index in [9.17, 15) is 0 Å². The molecule has 2 fully saturated rings. The van der Waals surface area contributed by atoms with Gasteiger partial charge >= 0.3 is 0 Å². The third-order valence-electron chi connectivity index (χ3n) is 7.69. The second-order valence-electron chi connectivity index (χ2n) is 10.0. The first-order valence-corrected chi connectivity index (χ1v) is 13.0. The first-order chi connectivity index (χ1) is 16.3. The van der Waals surface area contributed by atoms with E-state index in [0.717, 1.165) is 30.5 Å². The zero-order valence-corrected chi connectivity index (χ0v) is 20.1. The van der Waals surface area contributed by atoms with Gasteiger partial charge in [-0.05, 0) is 55.4 Å². The molecule has 0 amide bonds. The Morgan fingerprint density at radius 2 is 1.67 bits per heavy atom. The number of hydrogen-bond acceptors (Lipinski definition) is 4. The number of benzene rings is 1. The number of nitrogens with one attached hydrogen (secondary N) is 1. The van der Waals surface area contributed by atoms with Crippen LogP contribution in [0, 0.1) is 5.92 Å². The third-order valence-corrected chi connectivity index (χ3v) is 7.69. The van der Waals surface area contributed by atoms with Gasteiger partial charge in [0, 0.05) is 12.2 Å². The molecule has 0 bridgehead atoms. The number of pyridine rings is 1. The predicted molar refractivity (Wildman–Crippen MR) is 135 cm³/mol. The number of hydrogen-bond donors (Lipinski definition) is 1. The molecule has 2 aromatic heterocycles. The molecule has 5 rings (SSSR count). The van der Waals surface area contributed by atoms with Gasteiger partial charge in [-0.25, -0.2) is 4.98 Å². The summed E-state index contributed by atoms with van der Waals surface area (Å²) in [6, 6.07) is 11.0. The topological polar surface area (TPSA) is 52.0 Å². The molecule has 3 aromatic rings. The van der Waals surface area contributed by atoms with Crippen molar-refractivity contribution in [1.29, 1.82) is 0 Å². The van der Waals surface area contributed by atoms with E-state index in [2.05, 4.69) is 28.2 Å². The van der Waals surface area contributed by atoms with Crippen LogP contribution in [-0.4, -0.2) is 27.9 Å². The molecule has 1 aromatic carbocycles. The molecule has 0 radical (unpaired) electrons. The van der Waals surface area contributed by atoms with Crippen molar-refractivity contribution in [2.24, 2.45) is 5.92 Å². The highest BCUT2D eigenvalue weighted by molar-refractivity contribution is 5.92. The van der Waals surface area contributed by atoms with Crippen LogP contribution in [0.1, 0.15) is 81.9 Å². The quantitative estimate of drug-likeness (QED) is 0.416. The van der Waals surface area contributed by atoms with Gasteiger partial charge in [0.1, 0.15) is 11.6 Å². The van der Waals surface area contributed by atoms with Crippen LogP contribution in [0.5, 0.6) is 5.75 Å². The van der Waals surface area contributed by atoms with Crippen LogP contribution in [0.25, 0.3) is 10.9 Å². The molecule has 5 heteroatoms. The number of ether oxygens (including phenoxy) is 1. The fourth-order valence-corrected chi connectivity index (χ4v) is 5.77. The van der Waals surface area contributed by atoms with Crippen molar-refractivity contribution >= 4 is 16.7 Å². The van der Waals surface area contributed by atoms with Crippen molar-refractivity contribution in [3.8, 4) is 5.75 Å². The van der Waals surface area contributed by atoms with Crippen molar-refractivity contribution in [3.05, 3.63) is 47.8 Å². The first-order valence-electron chi connectivity index (χ1n) is 13.0. The Labute approximate surface area is 197 Å². The van der Waals surface area contributed by atoms with Crippen LogP contribution < -0.4 is 10.1 Å². The molecule has 0 saturated heterocycles. The van der Waals surface area contributed by atoms with Crippen LogP contribution in [-0.2, 0) is 13.0 Å². The fourth-order valence-electron chi connectivity index (χ4n) is 5.77. The summed E-state index contributed by atoms with van der Waals surface area (Å²) in [5.41, 5.74) is 3.64. The average Bonchev–Trinajstić information content (AvgIpc) is 3.23. The lowest BCUT2D eigenvalue weighted by molar-refractivity contribution is 0.338. The van der Waals surface area contributed by atoms with Crippen LogP contribution in [0.3, 0.4) is 0 Å². The van der Waals surface area contributed by atoms with Crippen LogP contribution in [0.4, 0.5) is 5.82 Å². The van der Waals surface area contributed by atoms with E-state index in [1.807, 2.05) is 18.3 Å². The van der Waals surface area contributed by atoms with Crippen molar-refractivity contribution in [2.45, 2.75) is 89.6 Å². The van der Waals surface area contributed by atoms with Crippen molar-refractivity contribution in [3.63, 3.8) is 0 Å². The van der Waals surface area contributed by atoms with E-state index in [4.69, 9.17) is 14.8 Å². The SMILES string of the molecule is COc1ccc(Cn2nc(CCC3CCCCC3)c3c(NC4CCCCC4)nccc32)cc1. The van der Waals surface area contributed by atoms with Gasteiger partial charge in [-0.15, -0.1) is 0 Å². The van der Waals surface area contributed by atoms with Gasteiger partial charge < -0.3 is 10.1 Å². The summed E-state index contributed by atoms with van der Waals surface area (Å²) >= 11 is 0. The molecule has 0 aliphatic heterocycles. The molecule has 1 N–H and O–H groups in total. The minimum absolute atomic E-state index is 0.535. The highest BCUT2D eigenvalue weighted by Gasteiger charge is 2.21. The van der Waals surface area contributed by atoms with Crippen molar-refractivity contribution in [2.75, 3.05) is 12.4 Å². The zero-order chi connectivity index (χ0) is 22.5.